The highest BCUT2D eigenvalue weighted by Gasteiger charge is 2.43. The quantitative estimate of drug-likeness (QED) is 0.0499. The maximum absolute atomic E-state index is 13.4. The number of methoxy groups -OCH3 is 1. The van der Waals surface area contributed by atoms with Gasteiger partial charge in [0.05, 0.1) is 19.3 Å². The molecule has 9 N–H and O–H groups in total. The summed E-state index contributed by atoms with van der Waals surface area (Å²) < 4.78 is 46.1. The number of esters is 2. The van der Waals surface area contributed by atoms with Crippen LogP contribution >= 0.6 is 0 Å². The van der Waals surface area contributed by atoms with Crippen molar-refractivity contribution in [1.29, 1.82) is 10.8 Å². The molecule has 1 aliphatic rings. The van der Waals surface area contributed by atoms with Crippen molar-refractivity contribution in [2.75, 3.05) is 50.1 Å². The molecule has 0 aromatic heterocycles. The lowest BCUT2D eigenvalue weighted by Crippen LogP contribution is -2.61. The van der Waals surface area contributed by atoms with E-state index in [1.54, 1.807) is 0 Å². The van der Waals surface area contributed by atoms with E-state index in [4.69, 9.17) is 22.3 Å². The van der Waals surface area contributed by atoms with Crippen LogP contribution in [0.3, 0.4) is 0 Å². The van der Waals surface area contributed by atoms with Gasteiger partial charge in [0, 0.05) is 36.4 Å². The maximum atomic E-state index is 13.4. The Hall–Kier alpha value is -6.74. The minimum Gasteiger partial charge on any atom is -0.452 e. The third-order valence-corrected chi connectivity index (χ3v) is 7.41. The van der Waals surface area contributed by atoms with Crippen LogP contribution in [0.5, 0.6) is 0 Å². The predicted octanol–water partition coefficient (Wildman–Crippen LogP) is 0.0697. The molecule has 1 fully saturated rings. The Morgan fingerprint density at radius 2 is 1.51 bits per heavy atom. The van der Waals surface area contributed by atoms with Crippen LogP contribution in [-0.2, 0) is 28.7 Å². The van der Waals surface area contributed by atoms with Crippen LogP contribution < -0.4 is 32.3 Å². The minimum absolute atomic E-state index is 0.00395. The van der Waals surface area contributed by atoms with E-state index < -0.39 is 72.9 Å². The second-order valence-corrected chi connectivity index (χ2v) is 11.1. The van der Waals surface area contributed by atoms with Gasteiger partial charge in [-0.15, -0.1) is 0 Å². The molecule has 0 unspecified atom stereocenters. The molecular weight excluding hydrogens is 713 g/mol. The maximum Gasteiger partial charge on any atom is 0.491 e. The first-order valence-corrected chi connectivity index (χ1v) is 15.4. The second kappa shape index (κ2) is 18.0. The average Bonchev–Trinajstić information content (AvgIpc) is 3.09. The summed E-state index contributed by atoms with van der Waals surface area (Å²) in [6.07, 6.45) is -6.40. The summed E-state index contributed by atoms with van der Waals surface area (Å²) in [6.45, 7) is -2.18. The topological polar surface area (TPSA) is 283 Å². The molecule has 2 aromatic carbocycles. The van der Waals surface area contributed by atoms with Crippen molar-refractivity contribution in [3.05, 3.63) is 59.7 Å². The second-order valence-electron chi connectivity index (χ2n) is 11.1. The van der Waals surface area contributed by atoms with Gasteiger partial charge < -0.3 is 46.7 Å². The largest absolute Gasteiger partial charge is 0.491 e. The summed E-state index contributed by atoms with van der Waals surface area (Å²) in [5, 5.41) is 22.4. The van der Waals surface area contributed by atoms with Crippen LogP contribution in [0.15, 0.2) is 48.5 Å². The normalized spacial score (nSPS) is 14.0. The van der Waals surface area contributed by atoms with E-state index in [0.29, 0.717) is 5.69 Å². The number of nitrogens with two attached hydrogens (primary N) is 2. The molecule has 1 saturated heterocycles. The summed E-state index contributed by atoms with van der Waals surface area (Å²) in [5.41, 5.74) is 11.6. The van der Waals surface area contributed by atoms with E-state index in [1.165, 1.54) is 48.5 Å². The molecular formula is C31H35F3N10O9. The fraction of sp³-hybridized carbons (Fsp3) is 0.323. The van der Waals surface area contributed by atoms with E-state index in [2.05, 4.69) is 25.4 Å². The Kier molecular flexibility index (Phi) is 13.8. The zero-order chi connectivity index (χ0) is 39.5. The Labute approximate surface area is 298 Å². The number of carbonyl (C=O) groups excluding carboxylic acids is 7. The Morgan fingerprint density at radius 3 is 2.06 bits per heavy atom. The standard InChI is InChI=1S/C31H35F3N10O9/c1-52-30(51)44(29(37)38)20-10-6-18(7-11-20)25(48)40-15-22(45)43-14-13-42(16-23(46)53-27(50)31(32,33)34)26(49)21(43)3-2-12-39-24(47)17-4-8-19(9-5-17)41-28(35)36/h4-11,21H,2-3,12-16H2,1H3,(H3,37,38)(H,39,47)(H,40,48)(H4,35,36,41)/t21-/m0/s1. The number of anilines is 2. The van der Waals surface area contributed by atoms with Crippen molar-refractivity contribution in [2.24, 2.45) is 11.5 Å². The zero-order valence-electron chi connectivity index (χ0n) is 28.0. The average molecular weight is 749 g/mol. The molecule has 5 amide bonds. The molecule has 0 bridgehead atoms. The van der Waals surface area contributed by atoms with Gasteiger partial charge in [-0.3, -0.25) is 30.0 Å². The van der Waals surface area contributed by atoms with Crippen molar-refractivity contribution in [2.45, 2.75) is 25.1 Å². The van der Waals surface area contributed by atoms with E-state index in [0.717, 1.165) is 21.8 Å². The number of hydrogen-bond acceptors (Lipinski definition) is 11. The number of guanidine groups is 2. The van der Waals surface area contributed by atoms with Gasteiger partial charge in [-0.1, -0.05) is 0 Å². The molecule has 22 heteroatoms. The molecule has 0 aliphatic carbocycles. The fourth-order valence-corrected chi connectivity index (χ4v) is 4.94. The zero-order valence-corrected chi connectivity index (χ0v) is 28.0. The monoisotopic (exact) mass is 748 g/mol. The molecule has 284 valence electrons. The summed E-state index contributed by atoms with van der Waals surface area (Å²) in [4.78, 5) is 89.9. The highest BCUT2D eigenvalue weighted by Crippen LogP contribution is 2.20. The Morgan fingerprint density at radius 1 is 0.925 bits per heavy atom. The van der Waals surface area contributed by atoms with Gasteiger partial charge in [0.15, 0.2) is 5.96 Å². The van der Waals surface area contributed by atoms with Gasteiger partial charge in [0.25, 0.3) is 11.8 Å². The lowest BCUT2D eigenvalue weighted by atomic mass is 10.0. The van der Waals surface area contributed by atoms with E-state index in [-0.39, 0.29) is 55.2 Å². The van der Waals surface area contributed by atoms with Gasteiger partial charge in [0.2, 0.25) is 17.8 Å². The van der Waals surface area contributed by atoms with E-state index in [9.17, 15) is 46.7 Å². The fourth-order valence-electron chi connectivity index (χ4n) is 4.94. The van der Waals surface area contributed by atoms with Crippen molar-refractivity contribution in [3.63, 3.8) is 0 Å². The van der Waals surface area contributed by atoms with Crippen molar-refractivity contribution in [3.8, 4) is 0 Å². The summed E-state index contributed by atoms with van der Waals surface area (Å²) in [6, 6.07) is 9.86. The minimum atomic E-state index is -5.45. The first kappa shape index (κ1) is 40.7. The number of carbonyl (C=O) groups is 7. The molecule has 0 radical (unpaired) electrons. The van der Waals surface area contributed by atoms with Crippen LogP contribution in [-0.4, -0.2) is 115 Å². The number of alkyl halides is 3. The molecule has 2 aromatic rings. The number of nitrogens with one attached hydrogen (secondary N) is 5. The molecule has 19 nitrogen and oxygen atoms in total. The molecule has 0 spiro atoms. The molecule has 0 saturated carbocycles. The SMILES string of the molecule is COC(=O)N(C(=N)N)c1ccc(C(=O)NCC(=O)N2CCN(CC(=O)OC(=O)C(F)(F)F)C(=O)[C@@H]2CCCNC(=O)c2ccc(NC(=N)N)cc2)cc1. The van der Waals surface area contributed by atoms with Crippen LogP contribution in [0.1, 0.15) is 33.6 Å². The van der Waals surface area contributed by atoms with Gasteiger partial charge in [-0.2, -0.15) is 13.2 Å². The van der Waals surface area contributed by atoms with Crippen LogP contribution in [0.4, 0.5) is 29.3 Å². The Balaban J connectivity index is 1.67. The highest BCUT2D eigenvalue weighted by atomic mass is 19.4. The molecule has 53 heavy (non-hydrogen) atoms. The lowest BCUT2D eigenvalue weighted by molar-refractivity contribution is -0.202. The molecule has 1 aliphatic heterocycles. The van der Waals surface area contributed by atoms with Crippen molar-refractivity contribution in [1.82, 2.24) is 20.4 Å². The van der Waals surface area contributed by atoms with E-state index >= 15 is 0 Å². The summed E-state index contributed by atoms with van der Waals surface area (Å²) in [7, 11) is 1.08. The number of halogens is 3. The van der Waals surface area contributed by atoms with Gasteiger partial charge in [0.1, 0.15) is 12.6 Å². The third-order valence-electron chi connectivity index (χ3n) is 7.41. The lowest BCUT2D eigenvalue weighted by Gasteiger charge is -2.40. The van der Waals surface area contributed by atoms with E-state index in [1.807, 2.05) is 0 Å². The van der Waals surface area contributed by atoms with Gasteiger partial charge in [-0.05, 0) is 61.4 Å². The number of ether oxygens (including phenoxy) is 2. The first-order chi connectivity index (χ1) is 24.9. The van der Waals surface area contributed by atoms with Crippen LogP contribution in [0.25, 0.3) is 0 Å². The van der Waals surface area contributed by atoms with Crippen molar-refractivity contribution >= 4 is 65.0 Å². The molecule has 1 atom stereocenters. The highest BCUT2D eigenvalue weighted by molar-refractivity contribution is 6.12. The van der Waals surface area contributed by atoms with Gasteiger partial charge >= 0.3 is 24.2 Å². The molecule has 1 heterocycles. The number of nitrogens with zero attached hydrogens (tertiary/aromatic N) is 3. The first-order valence-electron chi connectivity index (χ1n) is 15.4. The van der Waals surface area contributed by atoms with Crippen molar-refractivity contribution < 1.29 is 56.2 Å². The third kappa shape index (κ3) is 11.4. The summed E-state index contributed by atoms with van der Waals surface area (Å²) in [5.74, 6) is -8.17. The number of benzene rings is 2. The molecule has 3 rings (SSSR count). The number of rotatable bonds is 12. The van der Waals surface area contributed by atoms with Crippen LogP contribution in [0.2, 0.25) is 0 Å². The smallest absolute Gasteiger partial charge is 0.452 e. The van der Waals surface area contributed by atoms with Crippen LogP contribution in [0, 0.1) is 10.8 Å². The summed E-state index contributed by atoms with van der Waals surface area (Å²) >= 11 is 0. The number of hydrogen-bond donors (Lipinski definition) is 7. The van der Waals surface area contributed by atoms with Gasteiger partial charge in [-0.25, -0.2) is 19.3 Å². The number of piperazine rings is 1. The predicted molar refractivity (Wildman–Crippen MR) is 178 cm³/mol. The number of amides is 5. The Bertz CT molecular complexity index is 1750.